The van der Waals surface area contributed by atoms with E-state index in [9.17, 15) is 4.79 Å². The third kappa shape index (κ3) is 6.19. The molecule has 0 bridgehead atoms. The number of aromatic nitrogens is 5. The molecule has 1 saturated heterocycles. The summed E-state index contributed by atoms with van der Waals surface area (Å²) in [6.45, 7) is 5.59. The van der Waals surface area contributed by atoms with Gasteiger partial charge in [0.25, 0.3) is 0 Å². The first-order valence-electron chi connectivity index (χ1n) is 13.0. The van der Waals surface area contributed by atoms with Crippen LogP contribution in [0.15, 0.2) is 36.4 Å². The molecule has 0 spiro atoms. The van der Waals surface area contributed by atoms with E-state index in [0.717, 1.165) is 35.4 Å². The Hall–Kier alpha value is -3.79. The lowest BCUT2D eigenvalue weighted by Gasteiger charge is -2.15. The lowest BCUT2D eigenvalue weighted by molar-refractivity contribution is -0.144. The maximum Gasteiger partial charge on any atom is 0.329 e. The number of methoxy groups -OCH3 is 1. The summed E-state index contributed by atoms with van der Waals surface area (Å²) in [6, 6.07) is 10.3. The summed E-state index contributed by atoms with van der Waals surface area (Å²) in [6.07, 6.45) is 5.65. The molecule has 1 aromatic carbocycles. The van der Waals surface area contributed by atoms with Gasteiger partial charge in [-0.25, -0.2) is 9.78 Å². The maximum atomic E-state index is 11.6. The molecule has 1 atom stereocenters. The van der Waals surface area contributed by atoms with Crippen LogP contribution in [0.4, 0.5) is 0 Å². The van der Waals surface area contributed by atoms with E-state index in [1.807, 2.05) is 19.1 Å². The Labute approximate surface area is 222 Å². The molecule has 0 unspecified atom stereocenters. The number of esters is 1. The number of rotatable bonds is 11. The van der Waals surface area contributed by atoms with E-state index in [4.69, 9.17) is 23.9 Å². The average molecular weight is 520 g/mol. The largest absolute Gasteiger partial charge is 0.485 e. The molecule has 3 aromatic rings. The summed E-state index contributed by atoms with van der Waals surface area (Å²) < 4.78 is 22.2. The topological polar surface area (TPSA) is 110 Å². The maximum absolute atomic E-state index is 11.6. The Bertz CT molecular complexity index is 1310. The normalized spacial score (nSPS) is 17.4. The molecule has 10 nitrogen and oxygen atoms in total. The summed E-state index contributed by atoms with van der Waals surface area (Å²) in [7, 11) is 1.69. The minimum absolute atomic E-state index is 0.0871. The number of benzene rings is 1. The molecular weight excluding hydrogens is 486 g/mol. The number of carbonyl (C=O) groups is 1. The van der Waals surface area contributed by atoms with E-state index in [1.165, 1.54) is 23.2 Å². The third-order valence-corrected chi connectivity index (χ3v) is 6.66. The number of ether oxygens (including phenoxy) is 4. The van der Waals surface area contributed by atoms with Crippen LogP contribution in [0.5, 0.6) is 11.6 Å². The fourth-order valence-electron chi connectivity index (χ4n) is 4.56. The van der Waals surface area contributed by atoms with Gasteiger partial charge in [-0.05, 0) is 73.6 Å². The van der Waals surface area contributed by atoms with Crippen molar-refractivity contribution < 1.29 is 23.7 Å². The smallest absolute Gasteiger partial charge is 0.329 e. The van der Waals surface area contributed by atoms with Gasteiger partial charge in [0.2, 0.25) is 11.7 Å². The van der Waals surface area contributed by atoms with Gasteiger partial charge in [-0.2, -0.15) is 4.80 Å². The summed E-state index contributed by atoms with van der Waals surface area (Å²) in [5.41, 5.74) is 5.14. The van der Waals surface area contributed by atoms with Crippen LogP contribution < -0.4 is 9.47 Å². The van der Waals surface area contributed by atoms with Crippen molar-refractivity contribution >= 4 is 11.5 Å². The predicted molar refractivity (Wildman–Crippen MR) is 139 cm³/mol. The van der Waals surface area contributed by atoms with Crippen LogP contribution in [-0.2, 0) is 27.4 Å². The zero-order valence-electron chi connectivity index (χ0n) is 22.1. The zero-order chi connectivity index (χ0) is 26.5. The van der Waals surface area contributed by atoms with Gasteiger partial charge in [0, 0.05) is 23.7 Å². The average Bonchev–Trinajstić information content (AvgIpc) is 3.44. The lowest BCUT2D eigenvalue weighted by Crippen LogP contribution is -2.15. The first-order chi connectivity index (χ1) is 18.5. The highest BCUT2D eigenvalue weighted by atomic mass is 16.5. The highest BCUT2D eigenvalue weighted by Gasteiger charge is 2.28. The molecule has 2 aliphatic rings. The molecule has 10 heteroatoms. The number of nitrogens with zero attached hydrogens (tertiary/aromatic N) is 5. The van der Waals surface area contributed by atoms with Gasteiger partial charge < -0.3 is 18.9 Å². The van der Waals surface area contributed by atoms with Gasteiger partial charge in [0.1, 0.15) is 5.75 Å². The number of hydrogen-bond acceptors (Lipinski definition) is 9. The van der Waals surface area contributed by atoms with Crippen molar-refractivity contribution in [3.63, 3.8) is 0 Å². The summed E-state index contributed by atoms with van der Waals surface area (Å²) in [5, 5.41) is 12.0. The second-order valence-corrected chi connectivity index (χ2v) is 9.58. The quantitative estimate of drug-likeness (QED) is 0.349. The zero-order valence-corrected chi connectivity index (χ0v) is 22.1. The van der Waals surface area contributed by atoms with E-state index in [-0.39, 0.29) is 13.2 Å². The van der Waals surface area contributed by atoms with E-state index in [1.54, 1.807) is 14.0 Å². The molecule has 2 fully saturated rings. The first-order valence-corrected chi connectivity index (χ1v) is 13.0. The van der Waals surface area contributed by atoms with Crippen molar-refractivity contribution in [2.75, 3.05) is 26.9 Å². The van der Waals surface area contributed by atoms with Crippen LogP contribution in [-0.4, -0.2) is 58.1 Å². The highest BCUT2D eigenvalue weighted by molar-refractivity contribution is 5.79. The fourth-order valence-corrected chi connectivity index (χ4v) is 4.56. The monoisotopic (exact) mass is 519 g/mol. The van der Waals surface area contributed by atoms with E-state index in [0.29, 0.717) is 42.5 Å². The number of carbonyl (C=O) groups excluding carboxylic acids is 1. The Morgan fingerprint density at radius 2 is 2.08 bits per heavy atom. The highest BCUT2D eigenvalue weighted by Crippen LogP contribution is 2.44. The first kappa shape index (κ1) is 25.8. The van der Waals surface area contributed by atoms with Crippen LogP contribution >= 0.6 is 0 Å². The van der Waals surface area contributed by atoms with Gasteiger partial charge in [-0.1, -0.05) is 18.2 Å². The van der Waals surface area contributed by atoms with Crippen molar-refractivity contribution in [3.8, 4) is 11.6 Å². The van der Waals surface area contributed by atoms with Crippen LogP contribution in [0.1, 0.15) is 60.3 Å². The van der Waals surface area contributed by atoms with Gasteiger partial charge in [-0.15, -0.1) is 10.2 Å². The molecule has 0 amide bonds. The Morgan fingerprint density at radius 3 is 2.79 bits per heavy atom. The molecule has 3 heterocycles. The second kappa shape index (κ2) is 11.7. The molecule has 38 heavy (non-hydrogen) atoms. The van der Waals surface area contributed by atoms with Crippen LogP contribution in [0.2, 0.25) is 0 Å². The SMILES string of the molecule is CCOC(=O)Cn1nnc(COc2ccc(/C(=C\[C@H]3CCOC3)c3ccc(C4CC4)c(OC)n3)cc2C)n1. The number of tetrazole rings is 1. The molecule has 0 radical (unpaired) electrons. The number of hydrogen-bond donors (Lipinski definition) is 0. The Morgan fingerprint density at radius 1 is 1.21 bits per heavy atom. The van der Waals surface area contributed by atoms with E-state index < -0.39 is 5.97 Å². The van der Waals surface area contributed by atoms with Crippen molar-refractivity contribution in [1.29, 1.82) is 0 Å². The van der Waals surface area contributed by atoms with Crippen molar-refractivity contribution in [2.45, 2.75) is 52.2 Å². The standard InChI is InChI=1S/C28H33N5O5/c1-4-37-27(34)15-33-31-26(30-32-33)17-38-25-10-7-21(13-18(25)2)23(14-19-11-12-36-16-19)24-9-8-22(20-5-6-20)28(29-24)35-3/h7-10,13-14,19-20H,4-6,11-12,15-17H2,1-3H3/b23-14+/t19-/m1/s1. The second-order valence-electron chi connectivity index (χ2n) is 9.58. The van der Waals surface area contributed by atoms with Gasteiger partial charge >= 0.3 is 5.97 Å². The fraction of sp³-hybridized carbons (Fsp3) is 0.464. The van der Waals surface area contributed by atoms with Crippen molar-refractivity contribution in [3.05, 3.63) is 64.6 Å². The Balaban J connectivity index is 1.34. The summed E-state index contributed by atoms with van der Waals surface area (Å²) in [5.74, 6) is 2.28. The number of pyridine rings is 1. The van der Waals surface area contributed by atoms with Gasteiger partial charge in [-0.3, -0.25) is 0 Å². The third-order valence-electron chi connectivity index (χ3n) is 6.66. The minimum Gasteiger partial charge on any atom is -0.485 e. The molecular formula is C28H33N5O5. The predicted octanol–water partition coefficient (Wildman–Crippen LogP) is 3.87. The van der Waals surface area contributed by atoms with Crippen LogP contribution in [0, 0.1) is 12.8 Å². The van der Waals surface area contributed by atoms with E-state index >= 15 is 0 Å². The van der Waals surface area contributed by atoms with E-state index in [2.05, 4.69) is 39.7 Å². The van der Waals surface area contributed by atoms with Gasteiger partial charge in [0.15, 0.2) is 13.2 Å². The molecule has 200 valence electrons. The van der Waals surface area contributed by atoms with Crippen molar-refractivity contribution in [2.24, 2.45) is 5.92 Å². The number of aryl methyl sites for hydroxylation is 1. The Kier molecular flexibility index (Phi) is 7.97. The molecule has 0 N–H and O–H groups in total. The molecule has 5 rings (SSSR count). The summed E-state index contributed by atoms with van der Waals surface area (Å²) >= 11 is 0. The van der Waals surface area contributed by atoms with Crippen LogP contribution in [0.3, 0.4) is 0 Å². The molecule has 1 aliphatic heterocycles. The molecule has 2 aromatic heterocycles. The van der Waals surface area contributed by atoms with Crippen LogP contribution in [0.25, 0.3) is 5.57 Å². The molecule has 1 saturated carbocycles. The summed E-state index contributed by atoms with van der Waals surface area (Å²) in [4.78, 5) is 17.7. The molecule has 1 aliphatic carbocycles. The van der Waals surface area contributed by atoms with Crippen molar-refractivity contribution in [1.82, 2.24) is 25.2 Å². The minimum atomic E-state index is -0.411. The van der Waals surface area contributed by atoms with Gasteiger partial charge in [0.05, 0.1) is 26.0 Å². The lowest BCUT2D eigenvalue weighted by atomic mass is 9.94.